The zero-order valence-corrected chi connectivity index (χ0v) is 27.9. The summed E-state index contributed by atoms with van der Waals surface area (Å²) >= 11 is 0. The molecule has 11 rings (SSSR count). The normalized spacial score (nSPS) is 13.6. The maximum atomic E-state index is 6.40. The van der Waals surface area contributed by atoms with Gasteiger partial charge in [-0.25, -0.2) is 0 Å². The Labute approximate surface area is 290 Å². The van der Waals surface area contributed by atoms with Crippen LogP contribution in [-0.2, 0) is 5.41 Å². The van der Waals surface area contributed by atoms with Gasteiger partial charge in [0.2, 0.25) is 0 Å². The van der Waals surface area contributed by atoms with E-state index >= 15 is 0 Å². The fraction of sp³-hybridized carbons (Fsp3) is 0.0612. The average molecular weight is 637 g/mol. The monoisotopic (exact) mass is 636 g/mol. The van der Waals surface area contributed by atoms with E-state index in [1.165, 1.54) is 87.6 Å². The molecule has 1 heteroatoms. The maximum Gasteiger partial charge on any atom is 0.136 e. The van der Waals surface area contributed by atoms with Gasteiger partial charge in [-0.2, -0.15) is 0 Å². The Hall–Kier alpha value is -6.18. The number of hydrogen-bond acceptors (Lipinski definition) is 1. The molecular weight excluding hydrogens is 605 g/mol. The quantitative estimate of drug-likeness (QED) is 0.172. The van der Waals surface area contributed by atoms with E-state index < -0.39 is 0 Å². The second-order valence-corrected chi connectivity index (χ2v) is 14.5. The van der Waals surface area contributed by atoms with E-state index in [0.29, 0.717) is 0 Å². The van der Waals surface area contributed by atoms with Crippen molar-refractivity contribution in [3.8, 4) is 33.4 Å². The minimum atomic E-state index is -0.0661. The van der Waals surface area contributed by atoms with Crippen LogP contribution in [0.3, 0.4) is 0 Å². The summed E-state index contributed by atoms with van der Waals surface area (Å²) in [6, 6.07) is 58.3. The summed E-state index contributed by atoms with van der Waals surface area (Å²) in [7, 11) is 0. The Balaban J connectivity index is 1.17. The summed E-state index contributed by atoms with van der Waals surface area (Å²) in [5.74, 6) is 0. The Morgan fingerprint density at radius 3 is 1.48 bits per heavy atom. The summed E-state index contributed by atoms with van der Waals surface area (Å²) in [4.78, 5) is 0. The van der Waals surface area contributed by atoms with Crippen molar-refractivity contribution in [1.82, 2.24) is 0 Å². The molecule has 234 valence electrons. The molecule has 0 bridgehead atoms. The van der Waals surface area contributed by atoms with Crippen molar-refractivity contribution < 1.29 is 4.42 Å². The van der Waals surface area contributed by atoms with Gasteiger partial charge in [-0.1, -0.05) is 129 Å². The zero-order chi connectivity index (χ0) is 33.1. The van der Waals surface area contributed by atoms with Crippen LogP contribution < -0.4 is 0 Å². The van der Waals surface area contributed by atoms with Gasteiger partial charge in [-0.05, 0) is 130 Å². The minimum absolute atomic E-state index is 0.0661. The molecule has 0 N–H and O–H groups in total. The van der Waals surface area contributed by atoms with Gasteiger partial charge in [0.1, 0.15) is 11.2 Å². The van der Waals surface area contributed by atoms with E-state index in [1.54, 1.807) is 0 Å². The number of fused-ring (bicyclic) bond motifs is 10. The molecule has 0 unspecified atom stereocenters. The Morgan fingerprint density at radius 2 is 0.840 bits per heavy atom. The molecule has 10 aromatic rings. The van der Waals surface area contributed by atoms with Crippen LogP contribution in [0.1, 0.15) is 25.0 Å². The Morgan fingerprint density at radius 1 is 0.360 bits per heavy atom. The van der Waals surface area contributed by atoms with Crippen LogP contribution >= 0.6 is 0 Å². The van der Waals surface area contributed by atoms with Crippen LogP contribution in [0, 0.1) is 0 Å². The predicted molar refractivity (Wildman–Crippen MR) is 212 cm³/mol. The topological polar surface area (TPSA) is 13.1 Å². The van der Waals surface area contributed by atoms with Gasteiger partial charge in [-0.3, -0.25) is 0 Å². The standard InChI is InChI=1S/C49H32O/c1-49(2)43-21-19-33(25-39(43)40-23-29-11-3-5-13-31(29)27-44(40)49)47-35-15-7-9-17-37(35)48(38-18-10-8-16-36(38)47)34-20-22-45-41(26-34)42-24-30-12-4-6-14-32(30)28-46(42)50-45/h3-28H,1-2H3. The van der Waals surface area contributed by atoms with E-state index in [1.807, 2.05) is 0 Å². The number of furan rings is 1. The van der Waals surface area contributed by atoms with Gasteiger partial charge in [0.15, 0.2) is 0 Å². The van der Waals surface area contributed by atoms with Crippen molar-refractivity contribution in [2.75, 3.05) is 0 Å². The largest absolute Gasteiger partial charge is 0.456 e. The van der Waals surface area contributed by atoms with Gasteiger partial charge in [0.25, 0.3) is 0 Å². The Bertz CT molecular complexity index is 3010. The summed E-state index contributed by atoms with van der Waals surface area (Å²) < 4.78 is 6.40. The second kappa shape index (κ2) is 9.94. The molecule has 0 fully saturated rings. The second-order valence-electron chi connectivity index (χ2n) is 14.5. The highest BCUT2D eigenvalue weighted by Crippen LogP contribution is 2.52. The third-order valence-electron chi connectivity index (χ3n) is 11.4. The molecule has 50 heavy (non-hydrogen) atoms. The first kappa shape index (κ1) is 27.7. The molecule has 1 nitrogen and oxygen atoms in total. The minimum Gasteiger partial charge on any atom is -0.456 e. The summed E-state index contributed by atoms with van der Waals surface area (Å²) in [5.41, 5.74) is 12.3. The molecule has 0 amide bonds. The van der Waals surface area contributed by atoms with Crippen molar-refractivity contribution in [3.05, 3.63) is 169 Å². The van der Waals surface area contributed by atoms with Gasteiger partial charge < -0.3 is 4.42 Å². The van der Waals surface area contributed by atoms with Crippen LogP contribution in [0.25, 0.3) is 98.4 Å². The summed E-state index contributed by atoms with van der Waals surface area (Å²) in [6.07, 6.45) is 0. The average Bonchev–Trinajstić information content (AvgIpc) is 3.61. The molecule has 1 aliphatic rings. The molecule has 0 saturated heterocycles. The fourth-order valence-electron chi connectivity index (χ4n) is 8.96. The molecule has 0 aliphatic heterocycles. The maximum absolute atomic E-state index is 6.40. The van der Waals surface area contributed by atoms with Gasteiger partial charge >= 0.3 is 0 Å². The Kier molecular flexibility index (Phi) is 5.51. The van der Waals surface area contributed by atoms with Crippen LogP contribution in [0.4, 0.5) is 0 Å². The molecule has 1 heterocycles. The highest BCUT2D eigenvalue weighted by atomic mass is 16.3. The van der Waals surface area contributed by atoms with Crippen molar-refractivity contribution in [1.29, 1.82) is 0 Å². The van der Waals surface area contributed by atoms with E-state index in [4.69, 9.17) is 4.42 Å². The van der Waals surface area contributed by atoms with Crippen LogP contribution in [0.2, 0.25) is 0 Å². The van der Waals surface area contributed by atoms with E-state index in [-0.39, 0.29) is 5.41 Å². The van der Waals surface area contributed by atoms with Gasteiger partial charge in [-0.15, -0.1) is 0 Å². The predicted octanol–water partition coefficient (Wildman–Crippen LogP) is 13.8. The lowest BCUT2D eigenvalue weighted by atomic mass is 9.81. The SMILES string of the molecule is CC1(C)c2ccc(-c3c4ccccc4c(-c4ccc5oc6cc7ccccc7cc6c5c4)c4ccccc34)cc2-c2cc3ccccc3cc21. The summed E-state index contributed by atoms with van der Waals surface area (Å²) in [5, 5.41) is 12.3. The third-order valence-corrected chi connectivity index (χ3v) is 11.4. The number of benzene rings is 9. The molecule has 0 saturated carbocycles. The highest BCUT2D eigenvalue weighted by Gasteiger charge is 2.36. The first-order valence-corrected chi connectivity index (χ1v) is 17.5. The zero-order valence-electron chi connectivity index (χ0n) is 27.9. The van der Waals surface area contributed by atoms with Crippen molar-refractivity contribution in [2.24, 2.45) is 0 Å². The molecule has 0 atom stereocenters. The lowest BCUT2D eigenvalue weighted by molar-refractivity contribution is 0.661. The van der Waals surface area contributed by atoms with Gasteiger partial charge in [0, 0.05) is 16.2 Å². The molecule has 0 spiro atoms. The van der Waals surface area contributed by atoms with Crippen molar-refractivity contribution in [3.63, 3.8) is 0 Å². The van der Waals surface area contributed by atoms with E-state index in [9.17, 15) is 0 Å². The lowest BCUT2D eigenvalue weighted by Gasteiger charge is -2.22. The molecule has 1 aliphatic carbocycles. The number of hydrogen-bond donors (Lipinski definition) is 0. The summed E-state index contributed by atoms with van der Waals surface area (Å²) in [6.45, 7) is 4.74. The first-order chi connectivity index (χ1) is 24.5. The van der Waals surface area contributed by atoms with Crippen molar-refractivity contribution >= 4 is 65.0 Å². The lowest BCUT2D eigenvalue weighted by Crippen LogP contribution is -2.14. The highest BCUT2D eigenvalue weighted by molar-refractivity contribution is 6.22. The van der Waals surface area contributed by atoms with Crippen LogP contribution in [0.15, 0.2) is 162 Å². The smallest absolute Gasteiger partial charge is 0.136 e. The van der Waals surface area contributed by atoms with Crippen LogP contribution in [0.5, 0.6) is 0 Å². The molecular formula is C49H32O. The molecule has 9 aromatic carbocycles. The van der Waals surface area contributed by atoms with E-state index in [2.05, 4.69) is 172 Å². The molecule has 1 aromatic heterocycles. The fourth-order valence-corrected chi connectivity index (χ4v) is 8.96. The molecule has 0 radical (unpaired) electrons. The van der Waals surface area contributed by atoms with E-state index in [0.717, 1.165) is 21.9 Å². The first-order valence-electron chi connectivity index (χ1n) is 17.5. The number of rotatable bonds is 2. The third kappa shape index (κ3) is 3.78. The van der Waals surface area contributed by atoms with Crippen LogP contribution in [-0.4, -0.2) is 0 Å². The van der Waals surface area contributed by atoms with Crippen molar-refractivity contribution in [2.45, 2.75) is 19.3 Å². The van der Waals surface area contributed by atoms with Gasteiger partial charge in [0.05, 0.1) is 0 Å².